The summed E-state index contributed by atoms with van der Waals surface area (Å²) in [5.74, 6) is -4.14. The van der Waals surface area contributed by atoms with Gasteiger partial charge in [0, 0.05) is 17.1 Å². The van der Waals surface area contributed by atoms with Crippen LogP contribution in [0.25, 0.3) is 10.9 Å². The van der Waals surface area contributed by atoms with Crippen molar-refractivity contribution in [3.63, 3.8) is 0 Å². The quantitative estimate of drug-likeness (QED) is 0.583. The fourth-order valence-corrected chi connectivity index (χ4v) is 1.87. The molecule has 98 valence electrons. The monoisotopic (exact) mass is 303 g/mol. The third kappa shape index (κ3) is 2.71. The molecule has 1 aromatic carbocycles. The minimum atomic E-state index is -3.36. The molecule has 0 atom stereocenters. The number of hydrogen-bond acceptors (Lipinski definition) is 5. The molecular formula is C12H8F2N3NaOS. The van der Waals surface area contributed by atoms with Gasteiger partial charge in [-0.1, -0.05) is 24.8 Å². The van der Waals surface area contributed by atoms with Crippen LogP contribution in [0.5, 0.6) is 0 Å². The van der Waals surface area contributed by atoms with E-state index in [-0.39, 0.29) is 40.3 Å². The summed E-state index contributed by atoms with van der Waals surface area (Å²) in [5.41, 5.74) is 0.410. The predicted molar refractivity (Wildman–Crippen MR) is 73.4 cm³/mol. The number of alkyl halides is 2. The van der Waals surface area contributed by atoms with E-state index in [0.29, 0.717) is 10.9 Å². The van der Waals surface area contributed by atoms with Crippen LogP contribution in [-0.4, -0.2) is 44.7 Å². The molecule has 0 saturated heterocycles. The van der Waals surface area contributed by atoms with Crippen LogP contribution < -0.4 is 0 Å². The summed E-state index contributed by atoms with van der Waals surface area (Å²) in [6, 6.07) is 7.56. The number of rotatable bonds is 2. The number of hydrogen-bond donors (Lipinski definition) is 1. The van der Waals surface area contributed by atoms with Gasteiger partial charge in [0.2, 0.25) is 0 Å². The molecule has 0 aliphatic heterocycles. The van der Waals surface area contributed by atoms with Gasteiger partial charge in [0.1, 0.15) is 0 Å². The van der Waals surface area contributed by atoms with Gasteiger partial charge in [0.25, 0.3) is 11.1 Å². The Hall–Kier alpha value is -1.02. The number of aromatic nitrogens is 3. The maximum absolute atomic E-state index is 14.2. The van der Waals surface area contributed by atoms with Gasteiger partial charge in [-0.05, 0) is 18.2 Å². The first-order chi connectivity index (χ1) is 9.07. The summed E-state index contributed by atoms with van der Waals surface area (Å²) in [6.07, 6.45) is 1.60. The molecule has 0 fully saturated rings. The van der Waals surface area contributed by atoms with Gasteiger partial charge in [-0.25, -0.2) is 0 Å². The van der Waals surface area contributed by atoms with Gasteiger partial charge in [0.05, 0.1) is 5.52 Å². The Morgan fingerprint density at radius 2 is 1.95 bits per heavy atom. The fraction of sp³-hybridized carbons (Fsp3) is 0.0833. The second kappa shape index (κ2) is 5.77. The van der Waals surface area contributed by atoms with E-state index in [1.54, 1.807) is 18.3 Å². The van der Waals surface area contributed by atoms with Crippen LogP contribution in [0.1, 0.15) is 11.5 Å². The van der Waals surface area contributed by atoms with Crippen molar-refractivity contribution >= 4 is 53.1 Å². The van der Waals surface area contributed by atoms with E-state index in [1.807, 2.05) is 0 Å². The van der Waals surface area contributed by atoms with Gasteiger partial charge < -0.3 is 4.42 Å². The SMILES string of the molecule is FC(F)(c1ccc2ncccc2c1)c1nnc(S)o1.[NaH]. The van der Waals surface area contributed by atoms with Crippen molar-refractivity contribution in [3.8, 4) is 0 Å². The molecule has 0 aliphatic rings. The van der Waals surface area contributed by atoms with Crippen molar-refractivity contribution in [2.45, 2.75) is 11.1 Å². The summed E-state index contributed by atoms with van der Waals surface area (Å²) in [7, 11) is 0. The van der Waals surface area contributed by atoms with E-state index < -0.39 is 11.8 Å². The third-order valence-corrected chi connectivity index (χ3v) is 2.83. The van der Waals surface area contributed by atoms with E-state index in [4.69, 9.17) is 4.42 Å². The maximum atomic E-state index is 14.2. The van der Waals surface area contributed by atoms with Crippen LogP contribution >= 0.6 is 12.6 Å². The standard InChI is InChI=1S/C12H7F2N3OS.Na.H/c13-12(14,10-16-17-11(19)18-10)8-3-4-9-7(6-8)2-1-5-15-9;;/h1-6H,(H,17,19);;. The molecule has 0 unspecified atom stereocenters. The molecule has 8 heteroatoms. The Morgan fingerprint density at radius 1 is 1.15 bits per heavy atom. The first-order valence-electron chi connectivity index (χ1n) is 5.33. The Labute approximate surface area is 140 Å². The molecule has 0 N–H and O–H groups in total. The molecule has 4 nitrogen and oxygen atoms in total. The second-order valence-electron chi connectivity index (χ2n) is 3.88. The summed E-state index contributed by atoms with van der Waals surface area (Å²) in [6.45, 7) is 0. The van der Waals surface area contributed by atoms with Gasteiger partial charge in [0.15, 0.2) is 0 Å². The van der Waals surface area contributed by atoms with Gasteiger partial charge >= 0.3 is 35.5 Å². The first-order valence-corrected chi connectivity index (χ1v) is 5.78. The molecule has 0 aliphatic carbocycles. The molecule has 2 aromatic heterocycles. The van der Waals surface area contributed by atoms with E-state index in [1.165, 1.54) is 18.2 Å². The van der Waals surface area contributed by atoms with Crippen molar-refractivity contribution in [2.24, 2.45) is 0 Å². The van der Waals surface area contributed by atoms with Gasteiger partial charge in [-0.3, -0.25) is 4.98 Å². The molecular weight excluding hydrogens is 295 g/mol. The molecule has 0 radical (unpaired) electrons. The van der Waals surface area contributed by atoms with Crippen LogP contribution in [0.2, 0.25) is 0 Å². The number of nitrogens with zero attached hydrogens (tertiary/aromatic N) is 3. The Bertz CT molecular complexity index is 750. The number of fused-ring (bicyclic) bond motifs is 1. The van der Waals surface area contributed by atoms with Crippen molar-refractivity contribution in [1.82, 2.24) is 15.2 Å². The van der Waals surface area contributed by atoms with E-state index in [0.717, 1.165) is 0 Å². The predicted octanol–water partition coefficient (Wildman–Crippen LogP) is 2.40. The van der Waals surface area contributed by atoms with Crippen LogP contribution in [0.4, 0.5) is 8.78 Å². The van der Waals surface area contributed by atoms with Gasteiger partial charge in [-0.2, -0.15) is 8.78 Å². The van der Waals surface area contributed by atoms with E-state index in [2.05, 4.69) is 27.8 Å². The van der Waals surface area contributed by atoms with Crippen molar-refractivity contribution in [2.75, 3.05) is 0 Å². The Morgan fingerprint density at radius 3 is 2.65 bits per heavy atom. The van der Waals surface area contributed by atoms with E-state index >= 15 is 0 Å². The zero-order valence-corrected chi connectivity index (χ0v) is 10.3. The topological polar surface area (TPSA) is 51.8 Å². The molecule has 0 bridgehead atoms. The van der Waals surface area contributed by atoms with Crippen molar-refractivity contribution in [3.05, 3.63) is 48.0 Å². The zero-order chi connectivity index (χ0) is 13.5. The summed E-state index contributed by atoms with van der Waals surface area (Å²) >= 11 is 3.72. The van der Waals surface area contributed by atoms with Crippen LogP contribution in [0, 0.1) is 0 Å². The van der Waals surface area contributed by atoms with Crippen molar-refractivity contribution in [1.29, 1.82) is 0 Å². The summed E-state index contributed by atoms with van der Waals surface area (Å²) in [5, 5.41) is 7.03. The number of pyridine rings is 1. The van der Waals surface area contributed by atoms with Gasteiger partial charge in [-0.15, -0.1) is 10.2 Å². The second-order valence-corrected chi connectivity index (χ2v) is 4.26. The van der Waals surface area contributed by atoms with Crippen molar-refractivity contribution < 1.29 is 13.2 Å². The van der Waals surface area contributed by atoms with E-state index in [9.17, 15) is 8.78 Å². The average molecular weight is 303 g/mol. The molecule has 0 saturated carbocycles. The molecule has 20 heavy (non-hydrogen) atoms. The zero-order valence-electron chi connectivity index (χ0n) is 9.42. The fourth-order valence-electron chi connectivity index (χ4n) is 1.74. The molecule has 0 amide bonds. The number of halogens is 2. The third-order valence-electron chi connectivity index (χ3n) is 2.65. The molecule has 2 heterocycles. The Kier molecular flexibility index (Phi) is 4.43. The summed E-state index contributed by atoms with van der Waals surface area (Å²) < 4.78 is 33.0. The minimum absolute atomic E-state index is 0. The van der Waals surface area contributed by atoms with Crippen LogP contribution in [0.15, 0.2) is 46.2 Å². The molecule has 3 aromatic rings. The molecule has 3 rings (SSSR count). The number of thiol groups is 1. The Balaban J connectivity index is 0.00000147. The number of benzene rings is 1. The van der Waals surface area contributed by atoms with Crippen LogP contribution in [0.3, 0.4) is 0 Å². The molecule has 0 spiro atoms. The summed E-state index contributed by atoms with van der Waals surface area (Å²) in [4.78, 5) is 4.07. The first kappa shape index (κ1) is 15.4. The average Bonchev–Trinajstić information content (AvgIpc) is 2.85. The van der Waals surface area contributed by atoms with Crippen LogP contribution in [-0.2, 0) is 5.92 Å². The normalized spacial score (nSPS) is 11.3.